The number of fused-ring (bicyclic) bond motifs is 2. The van der Waals surface area contributed by atoms with Crippen molar-refractivity contribution in [1.82, 2.24) is 24.6 Å². The number of nitrogens with two attached hydrogens (primary N) is 1. The van der Waals surface area contributed by atoms with Crippen molar-refractivity contribution in [2.45, 2.75) is 62.6 Å². The van der Waals surface area contributed by atoms with Gasteiger partial charge in [-0.25, -0.2) is 14.5 Å². The lowest BCUT2D eigenvalue weighted by molar-refractivity contribution is -0.149. The Labute approximate surface area is 251 Å². The molecule has 42 heavy (non-hydrogen) atoms. The molecule has 0 bridgehead atoms. The number of alkyl halides is 2. The zero-order valence-electron chi connectivity index (χ0n) is 23.5. The van der Waals surface area contributed by atoms with Gasteiger partial charge >= 0.3 is 12.6 Å². The third-order valence-corrected chi connectivity index (χ3v) is 9.84. The van der Waals surface area contributed by atoms with Gasteiger partial charge in [0.1, 0.15) is 23.5 Å². The van der Waals surface area contributed by atoms with Gasteiger partial charge in [0.2, 0.25) is 5.95 Å². The van der Waals surface area contributed by atoms with Crippen LogP contribution in [0.5, 0.6) is 5.75 Å². The van der Waals surface area contributed by atoms with Gasteiger partial charge < -0.3 is 29.7 Å². The van der Waals surface area contributed by atoms with Crippen molar-refractivity contribution in [3.05, 3.63) is 36.7 Å². The standard InChI is InChI=1S/C25H32ClFN7O6PS/c1-13(2)37-21(35)14(3)32-41(42,39-15-9-7-6-8-10-15)40-22-24(11-26)25(22,36)17(27)20(38-24)34-12-29-16-18(33(4)5)30-23(28)31-19(16)34/h6-10,12-14,17,20,22,36H,11H2,1-5H3,(H,32,42)(H2,28,30,31)/t14-,17-,20-,22?,24-,25-,41-/m1/s1. The van der Waals surface area contributed by atoms with Crippen LogP contribution >= 0.6 is 18.2 Å². The molecule has 0 spiro atoms. The third-order valence-electron chi connectivity index (χ3n) is 7.01. The highest BCUT2D eigenvalue weighted by molar-refractivity contribution is 8.09. The molecule has 13 nitrogen and oxygen atoms in total. The van der Waals surface area contributed by atoms with Crippen LogP contribution in [-0.4, -0.2) is 86.2 Å². The predicted molar refractivity (Wildman–Crippen MR) is 158 cm³/mol. The summed E-state index contributed by atoms with van der Waals surface area (Å²) in [5, 5.41) is 14.6. The van der Waals surface area contributed by atoms with Gasteiger partial charge in [-0.3, -0.25) is 13.9 Å². The summed E-state index contributed by atoms with van der Waals surface area (Å²) in [5.41, 5.74) is 2.56. The van der Waals surface area contributed by atoms with Crippen LogP contribution in [0, 0.1) is 0 Å². The Hall–Kier alpha value is -2.65. The zero-order valence-corrected chi connectivity index (χ0v) is 25.9. The summed E-state index contributed by atoms with van der Waals surface area (Å²) < 4.78 is 41.2. The molecule has 7 atom stereocenters. The maximum atomic E-state index is 16.3. The molecule has 1 aromatic carbocycles. The molecule has 2 aromatic heterocycles. The molecule has 1 saturated carbocycles. The van der Waals surface area contributed by atoms with Gasteiger partial charge in [0.15, 0.2) is 35.0 Å². The molecular weight excluding hydrogens is 612 g/mol. The molecule has 0 amide bonds. The molecule has 3 heterocycles. The van der Waals surface area contributed by atoms with Crippen molar-refractivity contribution >= 4 is 58.9 Å². The molecule has 228 valence electrons. The number of aromatic nitrogens is 4. The number of aliphatic hydroxyl groups is 1. The minimum Gasteiger partial charge on any atom is -0.462 e. The minimum absolute atomic E-state index is 0.0477. The third kappa shape index (κ3) is 5.10. The summed E-state index contributed by atoms with van der Waals surface area (Å²) in [6.07, 6.45) is -3.80. The molecular formula is C25H32ClFN7O6PS. The number of imidazole rings is 1. The summed E-state index contributed by atoms with van der Waals surface area (Å²) >= 11 is 12.1. The Morgan fingerprint density at radius 2 is 2.02 bits per heavy atom. The number of anilines is 2. The number of hydrogen-bond donors (Lipinski definition) is 3. The largest absolute Gasteiger partial charge is 0.462 e. The van der Waals surface area contributed by atoms with Crippen LogP contribution in [0.2, 0.25) is 0 Å². The van der Waals surface area contributed by atoms with E-state index in [4.69, 9.17) is 47.7 Å². The SMILES string of the molecule is CC(C)OC(=O)[C@@H](C)N[P@@](=S)(Oc1ccccc1)OC1[C@@]2(CCl)O[C@@H](n3cnc4c(N(C)C)nc(N)nc43)[C@@H](F)[C@@]12O. The summed E-state index contributed by atoms with van der Waals surface area (Å²) in [5.74, 6) is -0.218. The zero-order chi connectivity index (χ0) is 30.6. The Balaban J connectivity index is 1.44. The molecule has 1 unspecified atom stereocenters. The number of rotatable bonds is 11. The van der Waals surface area contributed by atoms with Gasteiger partial charge in [0.05, 0.1) is 18.3 Å². The number of carbonyl (C=O) groups excluding carboxylic acids is 1. The molecule has 0 radical (unpaired) electrons. The first-order valence-corrected chi connectivity index (χ1v) is 16.2. The van der Waals surface area contributed by atoms with Gasteiger partial charge in [-0.2, -0.15) is 9.97 Å². The molecule has 2 aliphatic rings. The highest BCUT2D eigenvalue weighted by Gasteiger charge is 2.89. The second kappa shape index (κ2) is 11.1. The molecule has 3 aromatic rings. The number of esters is 1. The monoisotopic (exact) mass is 643 g/mol. The lowest BCUT2D eigenvalue weighted by Crippen LogP contribution is -2.38. The Morgan fingerprint density at radius 1 is 1.33 bits per heavy atom. The van der Waals surface area contributed by atoms with Crippen LogP contribution < -0.4 is 20.2 Å². The van der Waals surface area contributed by atoms with Crippen molar-refractivity contribution in [1.29, 1.82) is 0 Å². The van der Waals surface area contributed by atoms with E-state index < -0.39 is 48.4 Å². The molecule has 1 aliphatic heterocycles. The first kappa shape index (κ1) is 30.8. The van der Waals surface area contributed by atoms with Crippen molar-refractivity contribution in [3.63, 3.8) is 0 Å². The van der Waals surface area contributed by atoms with Crippen molar-refractivity contribution in [3.8, 4) is 5.75 Å². The Bertz CT molecular complexity index is 1530. The Morgan fingerprint density at radius 3 is 2.62 bits per heavy atom. The molecule has 5 rings (SSSR count). The lowest BCUT2D eigenvalue weighted by atomic mass is 10.1. The van der Waals surface area contributed by atoms with Gasteiger partial charge in [-0.1, -0.05) is 18.2 Å². The maximum Gasteiger partial charge on any atom is 0.323 e. The average Bonchev–Trinajstić information content (AvgIpc) is 3.16. The second-order valence-electron chi connectivity index (χ2n) is 10.6. The van der Waals surface area contributed by atoms with Gasteiger partial charge in [-0.15, -0.1) is 11.6 Å². The van der Waals surface area contributed by atoms with Crippen LogP contribution in [-0.2, 0) is 30.6 Å². The second-order valence-corrected chi connectivity index (χ2v) is 14.0. The number of nitrogens with zero attached hydrogens (tertiary/aromatic N) is 5. The van der Waals surface area contributed by atoms with Gasteiger partial charge in [0, 0.05) is 14.1 Å². The first-order valence-electron chi connectivity index (χ1n) is 13.0. The number of nitrogen functional groups attached to an aromatic ring is 1. The fourth-order valence-corrected chi connectivity index (χ4v) is 8.11. The lowest BCUT2D eigenvalue weighted by Gasteiger charge is -2.29. The quantitative estimate of drug-likeness (QED) is 0.159. The van der Waals surface area contributed by atoms with E-state index in [1.165, 1.54) is 17.8 Å². The van der Waals surface area contributed by atoms with Crippen molar-refractivity contribution in [2.75, 3.05) is 30.6 Å². The average molecular weight is 644 g/mol. The topological polar surface area (TPSA) is 159 Å². The number of benzene rings is 1. The Kier molecular flexibility index (Phi) is 8.16. The number of carbonyl (C=O) groups is 1. The van der Waals surface area contributed by atoms with E-state index in [9.17, 15) is 9.90 Å². The van der Waals surface area contributed by atoms with Crippen LogP contribution in [0.1, 0.15) is 27.0 Å². The molecule has 1 aliphatic carbocycles. The van der Waals surface area contributed by atoms with Crippen LogP contribution in [0.4, 0.5) is 16.2 Å². The smallest absolute Gasteiger partial charge is 0.323 e. The van der Waals surface area contributed by atoms with Crippen molar-refractivity contribution in [2.24, 2.45) is 0 Å². The predicted octanol–water partition coefficient (Wildman–Crippen LogP) is 2.68. The van der Waals surface area contributed by atoms with E-state index in [1.54, 1.807) is 63.2 Å². The normalized spacial score (nSPS) is 28.7. The summed E-state index contributed by atoms with van der Waals surface area (Å²) in [7, 11) is 3.51. The maximum absolute atomic E-state index is 16.3. The van der Waals surface area contributed by atoms with E-state index >= 15 is 4.39 Å². The number of halogens is 2. The minimum atomic E-state index is -3.65. The molecule has 17 heteroatoms. The van der Waals surface area contributed by atoms with Crippen LogP contribution in [0.15, 0.2) is 36.7 Å². The first-order chi connectivity index (χ1) is 19.8. The highest BCUT2D eigenvalue weighted by Crippen LogP contribution is 2.69. The molecule has 2 fully saturated rings. The molecule has 1 saturated heterocycles. The summed E-state index contributed by atoms with van der Waals surface area (Å²) in [6.45, 7) is 1.30. The highest BCUT2D eigenvalue weighted by atomic mass is 35.5. The summed E-state index contributed by atoms with van der Waals surface area (Å²) in [4.78, 5) is 27.0. The number of ether oxygens (including phenoxy) is 2. The van der Waals surface area contributed by atoms with E-state index in [0.717, 1.165) is 0 Å². The fourth-order valence-electron chi connectivity index (χ4n) is 4.96. The van der Waals surface area contributed by atoms with Crippen LogP contribution in [0.3, 0.4) is 0 Å². The van der Waals surface area contributed by atoms with Crippen molar-refractivity contribution < 1.29 is 32.8 Å². The van der Waals surface area contributed by atoms with E-state index in [-0.39, 0.29) is 23.6 Å². The van der Waals surface area contributed by atoms with E-state index in [0.29, 0.717) is 17.1 Å². The number of para-hydroxylation sites is 1. The fraction of sp³-hybridized carbons (Fsp3) is 0.520. The van der Waals surface area contributed by atoms with E-state index in [1.807, 2.05) is 0 Å². The number of hydrogen-bond acceptors (Lipinski definition) is 12. The van der Waals surface area contributed by atoms with E-state index in [2.05, 4.69) is 20.0 Å². The van der Waals surface area contributed by atoms with Gasteiger partial charge in [-0.05, 0) is 44.7 Å². The van der Waals surface area contributed by atoms with Gasteiger partial charge in [0.25, 0.3) is 0 Å². The summed E-state index contributed by atoms with van der Waals surface area (Å²) in [6, 6.07) is 7.57. The van der Waals surface area contributed by atoms with Crippen LogP contribution in [0.25, 0.3) is 11.2 Å². The number of nitrogens with one attached hydrogen (secondary N) is 1. The molecule has 4 N–H and O–H groups in total.